The number of nitrogens with zero attached hydrogens (tertiary/aromatic N) is 2. The average Bonchev–Trinajstić information content (AvgIpc) is 2.80. The Kier molecular flexibility index (Phi) is 4.04. The van der Waals surface area contributed by atoms with E-state index in [4.69, 9.17) is 9.47 Å². The second-order valence-corrected chi connectivity index (χ2v) is 5.82. The Morgan fingerprint density at radius 3 is 2.71 bits per heavy atom. The highest BCUT2D eigenvalue weighted by atomic mass is 16.5. The summed E-state index contributed by atoms with van der Waals surface area (Å²) in [6.45, 7) is 4.76. The van der Waals surface area contributed by atoms with E-state index in [0.29, 0.717) is 12.7 Å². The lowest BCUT2D eigenvalue weighted by atomic mass is 9.98. The van der Waals surface area contributed by atoms with Gasteiger partial charge in [0.2, 0.25) is 0 Å². The van der Waals surface area contributed by atoms with Crippen LogP contribution in [0, 0.1) is 6.92 Å². The highest BCUT2D eigenvalue weighted by Gasteiger charge is 2.19. The topological polar surface area (TPSA) is 36.3 Å². The second kappa shape index (κ2) is 5.96. The fraction of sp³-hybridized carbons (Fsp3) is 0.588. The molecule has 1 aromatic carbocycles. The van der Waals surface area contributed by atoms with Gasteiger partial charge in [-0.25, -0.2) is 0 Å². The van der Waals surface area contributed by atoms with Gasteiger partial charge in [0, 0.05) is 12.6 Å². The van der Waals surface area contributed by atoms with Crippen molar-refractivity contribution in [3.05, 3.63) is 17.7 Å². The maximum atomic E-state index is 6.14. The molecule has 114 valence electrons. The first-order valence-corrected chi connectivity index (χ1v) is 7.96. The van der Waals surface area contributed by atoms with E-state index in [0.717, 1.165) is 41.2 Å². The number of aromatic nitrogens is 2. The third-order valence-corrected chi connectivity index (χ3v) is 4.32. The molecule has 0 aliphatic heterocycles. The molecule has 0 radical (unpaired) electrons. The van der Waals surface area contributed by atoms with Gasteiger partial charge in [0.25, 0.3) is 6.01 Å². The number of fused-ring (bicyclic) bond motifs is 1. The van der Waals surface area contributed by atoms with Crippen molar-refractivity contribution < 1.29 is 9.47 Å². The van der Waals surface area contributed by atoms with Crippen molar-refractivity contribution in [2.45, 2.75) is 52.1 Å². The van der Waals surface area contributed by atoms with Crippen LogP contribution in [0.15, 0.2) is 12.1 Å². The largest absolute Gasteiger partial charge is 0.494 e. The molecule has 1 aliphatic carbocycles. The first-order valence-electron chi connectivity index (χ1n) is 7.96. The first-order chi connectivity index (χ1) is 10.2. The molecule has 1 aromatic heterocycles. The summed E-state index contributed by atoms with van der Waals surface area (Å²) in [6, 6.07) is 4.74. The summed E-state index contributed by atoms with van der Waals surface area (Å²) in [5.41, 5.74) is 3.21. The van der Waals surface area contributed by atoms with E-state index in [-0.39, 0.29) is 0 Å². The van der Waals surface area contributed by atoms with E-state index in [1.165, 1.54) is 19.3 Å². The molecule has 0 amide bonds. The Bertz CT molecular complexity index is 627. The van der Waals surface area contributed by atoms with E-state index in [2.05, 4.69) is 16.5 Å². The summed E-state index contributed by atoms with van der Waals surface area (Å²) in [5, 5.41) is 0. The molecule has 0 N–H and O–H groups in total. The molecule has 1 heterocycles. The fourth-order valence-corrected chi connectivity index (χ4v) is 3.20. The number of hydrogen-bond donors (Lipinski definition) is 0. The maximum Gasteiger partial charge on any atom is 0.297 e. The van der Waals surface area contributed by atoms with Gasteiger partial charge in [-0.1, -0.05) is 6.42 Å². The van der Waals surface area contributed by atoms with E-state index < -0.39 is 0 Å². The van der Waals surface area contributed by atoms with Crippen LogP contribution in [-0.4, -0.2) is 22.3 Å². The summed E-state index contributed by atoms with van der Waals surface area (Å²) in [4.78, 5) is 4.65. The van der Waals surface area contributed by atoms with Crippen LogP contribution in [0.3, 0.4) is 0 Å². The van der Waals surface area contributed by atoms with Crippen LogP contribution >= 0.6 is 0 Å². The fourth-order valence-electron chi connectivity index (χ4n) is 3.20. The van der Waals surface area contributed by atoms with Crippen LogP contribution in [-0.2, 0) is 7.05 Å². The van der Waals surface area contributed by atoms with Crippen LogP contribution in [0.1, 0.15) is 44.6 Å². The van der Waals surface area contributed by atoms with Crippen molar-refractivity contribution in [2.24, 2.45) is 7.05 Å². The second-order valence-electron chi connectivity index (χ2n) is 5.82. The number of hydrogen-bond acceptors (Lipinski definition) is 3. The van der Waals surface area contributed by atoms with Crippen LogP contribution in [0.5, 0.6) is 11.8 Å². The van der Waals surface area contributed by atoms with Crippen molar-refractivity contribution in [2.75, 3.05) is 6.61 Å². The van der Waals surface area contributed by atoms with Crippen molar-refractivity contribution in [3.63, 3.8) is 0 Å². The third kappa shape index (κ3) is 2.71. The van der Waals surface area contributed by atoms with Crippen molar-refractivity contribution in [1.82, 2.24) is 9.55 Å². The predicted octanol–water partition coefficient (Wildman–Crippen LogP) is 3.99. The van der Waals surface area contributed by atoms with Gasteiger partial charge in [-0.05, 0) is 51.7 Å². The zero-order valence-corrected chi connectivity index (χ0v) is 13.2. The average molecular weight is 288 g/mol. The summed E-state index contributed by atoms with van der Waals surface area (Å²) in [6.07, 6.45) is 6.48. The minimum absolute atomic E-state index is 0.320. The SMILES string of the molecule is CCOc1ccc2nc(OC3CCCCC3)n(C)c2c1C. The number of imidazole rings is 1. The monoisotopic (exact) mass is 288 g/mol. The summed E-state index contributed by atoms with van der Waals surface area (Å²) < 4.78 is 13.9. The van der Waals surface area contributed by atoms with E-state index in [1.54, 1.807) is 0 Å². The molecular weight excluding hydrogens is 264 g/mol. The van der Waals surface area contributed by atoms with Crippen molar-refractivity contribution >= 4 is 11.0 Å². The Labute approximate surface area is 126 Å². The minimum Gasteiger partial charge on any atom is -0.494 e. The molecule has 2 aromatic rings. The molecule has 0 bridgehead atoms. The van der Waals surface area contributed by atoms with Crippen LogP contribution < -0.4 is 9.47 Å². The molecule has 4 nitrogen and oxygen atoms in total. The normalized spacial score (nSPS) is 16.3. The van der Waals surface area contributed by atoms with Gasteiger partial charge < -0.3 is 9.47 Å². The summed E-state index contributed by atoms with van der Waals surface area (Å²) in [5.74, 6) is 0.928. The predicted molar refractivity (Wildman–Crippen MR) is 84.1 cm³/mol. The van der Waals surface area contributed by atoms with Gasteiger partial charge in [-0.15, -0.1) is 0 Å². The Morgan fingerprint density at radius 1 is 1.24 bits per heavy atom. The lowest BCUT2D eigenvalue weighted by molar-refractivity contribution is 0.138. The van der Waals surface area contributed by atoms with E-state index >= 15 is 0 Å². The number of ether oxygens (including phenoxy) is 2. The zero-order valence-electron chi connectivity index (χ0n) is 13.2. The van der Waals surface area contributed by atoms with Crippen LogP contribution in [0.25, 0.3) is 11.0 Å². The lowest BCUT2D eigenvalue weighted by Crippen LogP contribution is -2.21. The first kappa shape index (κ1) is 14.2. The molecule has 4 heteroatoms. The van der Waals surface area contributed by atoms with Gasteiger partial charge in [-0.3, -0.25) is 4.57 Å². The molecule has 0 spiro atoms. The molecule has 0 atom stereocenters. The lowest BCUT2D eigenvalue weighted by Gasteiger charge is -2.22. The van der Waals surface area contributed by atoms with Crippen molar-refractivity contribution in [1.29, 1.82) is 0 Å². The molecule has 1 saturated carbocycles. The van der Waals surface area contributed by atoms with Gasteiger partial charge in [0.05, 0.1) is 17.6 Å². The maximum absolute atomic E-state index is 6.14. The number of benzene rings is 1. The van der Waals surface area contributed by atoms with Gasteiger partial charge in [0.1, 0.15) is 11.9 Å². The summed E-state index contributed by atoms with van der Waals surface area (Å²) >= 11 is 0. The Hall–Kier alpha value is -1.71. The molecular formula is C17H24N2O2. The smallest absolute Gasteiger partial charge is 0.297 e. The van der Waals surface area contributed by atoms with Crippen LogP contribution in [0.4, 0.5) is 0 Å². The quantitative estimate of drug-likeness (QED) is 0.853. The zero-order chi connectivity index (χ0) is 14.8. The number of aryl methyl sites for hydroxylation is 2. The third-order valence-electron chi connectivity index (χ3n) is 4.32. The highest BCUT2D eigenvalue weighted by Crippen LogP contribution is 2.31. The summed E-state index contributed by atoms with van der Waals surface area (Å²) in [7, 11) is 2.02. The molecule has 21 heavy (non-hydrogen) atoms. The van der Waals surface area contributed by atoms with Crippen molar-refractivity contribution in [3.8, 4) is 11.8 Å². The standard InChI is InChI=1S/C17H24N2O2/c1-4-20-15-11-10-14-16(12(15)2)19(3)17(18-14)21-13-8-6-5-7-9-13/h10-11,13H,4-9H2,1-3H3. The number of rotatable bonds is 4. The van der Waals surface area contributed by atoms with Gasteiger partial charge in [-0.2, -0.15) is 4.98 Å². The van der Waals surface area contributed by atoms with E-state index in [1.807, 2.05) is 26.1 Å². The molecule has 1 aliphatic rings. The van der Waals surface area contributed by atoms with E-state index in [9.17, 15) is 0 Å². The molecule has 1 fully saturated rings. The molecule has 3 rings (SSSR count). The molecule has 0 unspecified atom stereocenters. The molecule has 0 saturated heterocycles. The Balaban J connectivity index is 1.93. The van der Waals surface area contributed by atoms with Gasteiger partial charge >= 0.3 is 0 Å². The Morgan fingerprint density at radius 2 is 2.00 bits per heavy atom. The van der Waals surface area contributed by atoms with Gasteiger partial charge in [0.15, 0.2) is 0 Å². The van der Waals surface area contributed by atoms with Crippen LogP contribution in [0.2, 0.25) is 0 Å². The highest BCUT2D eigenvalue weighted by molar-refractivity contribution is 5.82. The minimum atomic E-state index is 0.320.